The molecule has 0 aromatic heterocycles. The molecule has 1 unspecified atom stereocenters. The van der Waals surface area contributed by atoms with Crippen molar-refractivity contribution in [3.63, 3.8) is 0 Å². The van der Waals surface area contributed by atoms with Gasteiger partial charge in [0.2, 0.25) is 0 Å². The van der Waals surface area contributed by atoms with Gasteiger partial charge in [0.1, 0.15) is 0 Å². The largest absolute Gasteiger partial charge is 0.327 e. The summed E-state index contributed by atoms with van der Waals surface area (Å²) in [5.74, 6) is 0.749. The van der Waals surface area contributed by atoms with Crippen LogP contribution in [0.25, 0.3) is 0 Å². The van der Waals surface area contributed by atoms with Gasteiger partial charge in [0.05, 0.1) is 0 Å². The molecule has 0 rings (SSSR count). The zero-order chi connectivity index (χ0) is 7.49. The van der Waals surface area contributed by atoms with Crippen molar-refractivity contribution in [3.8, 4) is 0 Å². The molecule has 56 valence electrons. The third kappa shape index (κ3) is 5.00. The summed E-state index contributed by atoms with van der Waals surface area (Å²) < 4.78 is 8.86. The van der Waals surface area contributed by atoms with Gasteiger partial charge in [0.15, 0.2) is 0 Å². The molecule has 0 fully saturated rings. The van der Waals surface area contributed by atoms with E-state index in [1.165, 1.54) is 0 Å². The van der Waals surface area contributed by atoms with Crippen LogP contribution in [0.5, 0.6) is 0 Å². The minimum absolute atomic E-state index is 0.222. The van der Waals surface area contributed by atoms with Crippen molar-refractivity contribution >= 4 is 20.9 Å². The number of hydrogen-bond donors (Lipinski definition) is 1. The van der Waals surface area contributed by atoms with Crippen LogP contribution in [0.2, 0.25) is 0 Å². The maximum Gasteiger partial charge on any atom is 0.0274 e. The average molecular weight is 166 g/mol. The Labute approximate surface area is 64.3 Å². The molecule has 0 bridgehead atoms. The van der Waals surface area contributed by atoms with E-state index in [1.54, 1.807) is 0 Å². The second-order valence-corrected chi connectivity index (χ2v) is 5.07. The summed E-state index contributed by atoms with van der Waals surface area (Å²) >= 11 is 4.68. The van der Waals surface area contributed by atoms with Gasteiger partial charge in [0, 0.05) is 15.5 Å². The summed E-state index contributed by atoms with van der Waals surface area (Å²) in [6.07, 6.45) is 1.08. The Kier molecular flexibility index (Phi) is 3.85. The van der Waals surface area contributed by atoms with Crippen LogP contribution in [0.3, 0.4) is 0 Å². The number of hydrogen-bond acceptors (Lipinski definition) is 1. The molecule has 0 radical (unpaired) electrons. The highest BCUT2D eigenvalue weighted by Gasteiger charge is 2.15. The summed E-state index contributed by atoms with van der Waals surface area (Å²) in [7, 11) is -0.802. The first-order valence-corrected chi connectivity index (χ1v) is 5.33. The first kappa shape index (κ1) is 9.53. The SMILES string of the molecule is CCC(C)(C)CS(O)=S. The topological polar surface area (TPSA) is 20.2 Å². The second-order valence-electron chi connectivity index (χ2n) is 2.98. The molecule has 0 amide bonds. The maximum absolute atomic E-state index is 8.86. The predicted molar refractivity (Wildman–Crippen MR) is 46.3 cm³/mol. The van der Waals surface area contributed by atoms with Crippen molar-refractivity contribution in [2.24, 2.45) is 5.41 Å². The Balaban J connectivity index is 3.71. The molecule has 1 N–H and O–H groups in total. The Morgan fingerprint density at radius 2 is 2.00 bits per heavy atom. The maximum atomic E-state index is 8.86. The Morgan fingerprint density at radius 1 is 1.56 bits per heavy atom. The lowest BCUT2D eigenvalue weighted by Crippen LogP contribution is -2.18. The molecule has 0 saturated carbocycles. The van der Waals surface area contributed by atoms with Crippen molar-refractivity contribution in [3.05, 3.63) is 0 Å². The quantitative estimate of drug-likeness (QED) is 0.692. The van der Waals surface area contributed by atoms with Crippen molar-refractivity contribution < 1.29 is 4.55 Å². The molecule has 1 atom stereocenters. The summed E-state index contributed by atoms with van der Waals surface area (Å²) in [6.45, 7) is 6.35. The van der Waals surface area contributed by atoms with Crippen LogP contribution in [0.4, 0.5) is 0 Å². The van der Waals surface area contributed by atoms with Gasteiger partial charge in [-0.1, -0.05) is 27.2 Å². The molecule has 0 aliphatic heterocycles. The van der Waals surface area contributed by atoms with Crippen LogP contribution >= 0.6 is 0 Å². The summed E-state index contributed by atoms with van der Waals surface area (Å²) in [6, 6.07) is 0. The van der Waals surface area contributed by atoms with Gasteiger partial charge in [-0.2, -0.15) is 0 Å². The fourth-order valence-corrected chi connectivity index (χ4v) is 2.27. The first-order chi connectivity index (χ1) is 3.98. The molecule has 0 aromatic carbocycles. The molecule has 0 aliphatic rings. The normalized spacial score (nSPS) is 15.6. The van der Waals surface area contributed by atoms with E-state index in [9.17, 15) is 0 Å². The van der Waals surface area contributed by atoms with E-state index in [4.69, 9.17) is 4.55 Å². The standard InChI is InChI=1S/C6H14OS2/c1-4-6(2,3)5-9(7)8/h4-5H2,1-3H3,(H,7,8). The Morgan fingerprint density at radius 3 is 2.11 bits per heavy atom. The highest BCUT2D eigenvalue weighted by atomic mass is 32.8. The van der Waals surface area contributed by atoms with Crippen molar-refractivity contribution in [2.45, 2.75) is 27.2 Å². The lowest BCUT2D eigenvalue weighted by molar-refractivity contribution is 0.401. The summed E-state index contributed by atoms with van der Waals surface area (Å²) in [5, 5.41) is 0. The van der Waals surface area contributed by atoms with E-state index in [0.717, 1.165) is 12.2 Å². The van der Waals surface area contributed by atoms with Crippen molar-refractivity contribution in [1.29, 1.82) is 0 Å². The second kappa shape index (κ2) is 3.64. The molecule has 1 nitrogen and oxygen atoms in total. The van der Waals surface area contributed by atoms with Crippen LogP contribution < -0.4 is 0 Å². The van der Waals surface area contributed by atoms with Gasteiger partial charge >= 0.3 is 0 Å². The molecule has 0 saturated heterocycles. The van der Waals surface area contributed by atoms with E-state index in [2.05, 4.69) is 32.0 Å². The molecule has 3 heteroatoms. The molecule has 0 aromatic rings. The van der Waals surface area contributed by atoms with Gasteiger partial charge < -0.3 is 4.55 Å². The molecule has 0 aliphatic carbocycles. The fourth-order valence-electron chi connectivity index (χ4n) is 0.436. The van der Waals surface area contributed by atoms with E-state index in [0.29, 0.717) is 0 Å². The van der Waals surface area contributed by atoms with Gasteiger partial charge in [0.25, 0.3) is 0 Å². The van der Waals surface area contributed by atoms with E-state index in [-0.39, 0.29) is 5.41 Å². The van der Waals surface area contributed by atoms with Crippen molar-refractivity contribution in [2.75, 3.05) is 5.75 Å². The molecular weight excluding hydrogens is 152 g/mol. The Bertz CT molecular complexity index is 110. The van der Waals surface area contributed by atoms with Gasteiger partial charge in [-0.05, 0) is 16.6 Å². The highest BCUT2D eigenvalue weighted by Crippen LogP contribution is 2.19. The minimum atomic E-state index is -0.802. The first-order valence-electron chi connectivity index (χ1n) is 3.05. The van der Waals surface area contributed by atoms with Crippen LogP contribution in [-0.4, -0.2) is 10.3 Å². The smallest absolute Gasteiger partial charge is 0.0274 e. The van der Waals surface area contributed by atoms with E-state index < -0.39 is 9.74 Å². The Hall–Kier alpha value is 0.530. The summed E-state index contributed by atoms with van der Waals surface area (Å²) in [5.41, 5.74) is 0.222. The zero-order valence-corrected chi connectivity index (χ0v) is 7.81. The van der Waals surface area contributed by atoms with Crippen LogP contribution in [0, 0.1) is 5.41 Å². The van der Waals surface area contributed by atoms with E-state index >= 15 is 0 Å². The van der Waals surface area contributed by atoms with E-state index in [1.807, 2.05) is 0 Å². The average Bonchev–Trinajstić information content (AvgIpc) is 1.63. The van der Waals surface area contributed by atoms with Gasteiger partial charge in [-0.25, -0.2) is 0 Å². The van der Waals surface area contributed by atoms with Gasteiger partial charge in [-0.3, -0.25) is 0 Å². The molecular formula is C6H14OS2. The highest BCUT2D eigenvalue weighted by molar-refractivity contribution is 8.25. The lowest BCUT2D eigenvalue weighted by atomic mass is 9.93. The molecule has 0 spiro atoms. The van der Waals surface area contributed by atoms with Crippen LogP contribution in [0.1, 0.15) is 27.2 Å². The van der Waals surface area contributed by atoms with Crippen LogP contribution in [-0.2, 0) is 20.9 Å². The predicted octanol–water partition coefficient (Wildman–Crippen LogP) is 1.98. The van der Waals surface area contributed by atoms with Gasteiger partial charge in [-0.15, -0.1) is 0 Å². The lowest BCUT2D eigenvalue weighted by Gasteiger charge is -2.20. The third-order valence-corrected chi connectivity index (χ3v) is 2.85. The minimum Gasteiger partial charge on any atom is -0.327 e. The third-order valence-electron chi connectivity index (χ3n) is 1.47. The van der Waals surface area contributed by atoms with Crippen molar-refractivity contribution in [1.82, 2.24) is 0 Å². The number of rotatable bonds is 3. The molecule has 9 heavy (non-hydrogen) atoms. The summed E-state index contributed by atoms with van der Waals surface area (Å²) in [4.78, 5) is 0. The fraction of sp³-hybridized carbons (Fsp3) is 1.00. The monoisotopic (exact) mass is 166 g/mol. The van der Waals surface area contributed by atoms with Crippen LogP contribution in [0.15, 0.2) is 0 Å². The molecule has 0 heterocycles. The zero-order valence-electron chi connectivity index (χ0n) is 6.18.